The van der Waals surface area contributed by atoms with Gasteiger partial charge in [-0.3, -0.25) is 4.57 Å². The van der Waals surface area contributed by atoms with Gasteiger partial charge in [-0.2, -0.15) is 0 Å². The molecule has 2 nitrogen and oxygen atoms in total. The van der Waals surface area contributed by atoms with E-state index >= 15 is 0 Å². The summed E-state index contributed by atoms with van der Waals surface area (Å²) in [5, 5.41) is 1.00. The summed E-state index contributed by atoms with van der Waals surface area (Å²) in [6.07, 6.45) is 3.10. The zero-order chi connectivity index (χ0) is 21.6. The number of hydrogen-bond acceptors (Lipinski definition) is 1. The van der Waals surface area contributed by atoms with E-state index in [1.54, 1.807) is 11.6 Å². The molecular formula is C25H28Cl2NOP. The lowest BCUT2D eigenvalue weighted by atomic mass is 9.61. The van der Waals surface area contributed by atoms with Crippen molar-refractivity contribution in [2.75, 3.05) is 0 Å². The Morgan fingerprint density at radius 3 is 1.80 bits per heavy atom. The van der Waals surface area contributed by atoms with Gasteiger partial charge in [-0.1, -0.05) is 97.7 Å². The number of fused-ring (bicyclic) bond motifs is 2. The van der Waals surface area contributed by atoms with Crippen molar-refractivity contribution >= 4 is 40.6 Å². The highest BCUT2D eigenvalue weighted by molar-refractivity contribution is 7.68. The Morgan fingerprint density at radius 2 is 1.37 bits per heavy atom. The zero-order valence-electron chi connectivity index (χ0n) is 17.7. The first-order valence-electron chi connectivity index (χ1n) is 10.4. The summed E-state index contributed by atoms with van der Waals surface area (Å²) in [5.74, 6) is 3.50. The quantitative estimate of drug-likeness (QED) is 0.418. The molecule has 158 valence electrons. The smallest absolute Gasteiger partial charge is 0.197 e. The summed E-state index contributed by atoms with van der Waals surface area (Å²) in [5.41, 5.74) is 1.86. The Balaban J connectivity index is 1.79. The molecule has 2 bridgehead atoms. The zero-order valence-corrected chi connectivity index (χ0v) is 20.1. The van der Waals surface area contributed by atoms with Crippen LogP contribution in [0.3, 0.4) is 0 Å². The largest absolute Gasteiger partial charge is 0.297 e. The van der Waals surface area contributed by atoms with Crippen LogP contribution in [0, 0.1) is 5.41 Å². The monoisotopic (exact) mass is 459 g/mol. The second kappa shape index (κ2) is 7.99. The molecule has 0 amide bonds. The molecule has 0 unspecified atom stereocenters. The Labute approximate surface area is 190 Å². The predicted octanol–water partition coefficient (Wildman–Crippen LogP) is 8.39. The van der Waals surface area contributed by atoms with Crippen LogP contribution in [0.2, 0.25) is 0 Å². The molecule has 30 heavy (non-hydrogen) atoms. The summed E-state index contributed by atoms with van der Waals surface area (Å²) in [6, 6.07) is 19.7. The van der Waals surface area contributed by atoms with Crippen LogP contribution in [0.25, 0.3) is 10.1 Å². The van der Waals surface area contributed by atoms with Crippen LogP contribution in [-0.2, 0) is 4.57 Å². The molecule has 0 radical (unpaired) electrons. The maximum Gasteiger partial charge on any atom is 0.197 e. The van der Waals surface area contributed by atoms with Crippen LogP contribution in [0.4, 0.5) is 0 Å². The first kappa shape index (κ1) is 21.9. The molecule has 3 aliphatic rings. The highest BCUT2D eigenvalue weighted by atomic mass is 35.5. The number of piperidine rings is 1. The van der Waals surface area contributed by atoms with Crippen molar-refractivity contribution in [2.45, 2.75) is 51.6 Å². The SMILES string of the molecule is CC1(C)C[C@H]2C[C@@](C)(C1)N2P(=O)(/C=C(\Cl)c1ccccc1)/C=C(\Cl)c1ccccc1. The molecule has 5 rings (SSSR count). The van der Waals surface area contributed by atoms with E-state index in [1.165, 1.54) is 0 Å². The van der Waals surface area contributed by atoms with Crippen LogP contribution in [-0.4, -0.2) is 16.3 Å². The number of halogens is 2. The van der Waals surface area contributed by atoms with Crippen molar-refractivity contribution in [3.05, 3.63) is 83.4 Å². The summed E-state index contributed by atoms with van der Waals surface area (Å²) < 4.78 is 16.8. The van der Waals surface area contributed by atoms with Gasteiger partial charge in [0.2, 0.25) is 0 Å². The van der Waals surface area contributed by atoms with Crippen LogP contribution in [0.15, 0.2) is 72.3 Å². The van der Waals surface area contributed by atoms with E-state index in [2.05, 4.69) is 25.4 Å². The number of rotatable bonds is 5. The van der Waals surface area contributed by atoms with Gasteiger partial charge in [0.1, 0.15) is 0 Å². The summed E-state index contributed by atoms with van der Waals surface area (Å²) in [7, 11) is -3.12. The highest BCUT2D eigenvalue weighted by Gasteiger charge is 2.60. The first-order valence-corrected chi connectivity index (χ1v) is 12.9. The van der Waals surface area contributed by atoms with Crippen molar-refractivity contribution in [2.24, 2.45) is 5.41 Å². The van der Waals surface area contributed by atoms with Gasteiger partial charge in [-0.25, -0.2) is 4.67 Å². The summed E-state index contributed by atoms with van der Waals surface area (Å²) in [6.45, 7) is 6.84. The van der Waals surface area contributed by atoms with E-state index in [1.807, 2.05) is 60.7 Å². The van der Waals surface area contributed by atoms with Gasteiger partial charge in [0.05, 0.1) is 10.1 Å². The molecule has 0 aromatic heterocycles. The third-order valence-electron chi connectivity index (χ3n) is 6.25. The Morgan fingerprint density at radius 1 is 0.900 bits per heavy atom. The molecule has 2 atom stereocenters. The standard InChI is InChI=1S/C25H28Cl2NOP/c1-24(2)14-21-15-25(3,18-24)28(21)30(29,16-22(26)19-10-6-4-7-11-19)17-23(27)20-12-8-5-9-13-20/h4-13,16-17,21H,14-15,18H2,1-3H3/b22-16-,23-17-/t21-,25-/m0/s1. The summed E-state index contributed by atoms with van der Waals surface area (Å²) >= 11 is 13.4. The third kappa shape index (κ3) is 4.21. The molecular weight excluding hydrogens is 432 g/mol. The van der Waals surface area contributed by atoms with Gasteiger partial charge in [0.15, 0.2) is 7.29 Å². The molecule has 0 N–H and O–H groups in total. The lowest BCUT2D eigenvalue weighted by molar-refractivity contribution is -0.0838. The molecule has 2 heterocycles. The Hall–Kier alpha value is -1.31. The fraction of sp³-hybridized carbons (Fsp3) is 0.360. The van der Waals surface area contributed by atoms with Gasteiger partial charge in [-0.05, 0) is 42.7 Å². The lowest BCUT2D eigenvalue weighted by Crippen LogP contribution is -2.68. The molecule has 1 saturated carbocycles. The second-order valence-electron chi connectivity index (χ2n) is 9.60. The maximum atomic E-state index is 14.6. The second-order valence-corrected chi connectivity index (χ2v) is 12.7. The van der Waals surface area contributed by atoms with Gasteiger partial charge < -0.3 is 0 Å². The topological polar surface area (TPSA) is 20.3 Å². The highest BCUT2D eigenvalue weighted by Crippen LogP contribution is 2.70. The maximum absolute atomic E-state index is 14.6. The molecule has 2 aliphatic heterocycles. The lowest BCUT2D eigenvalue weighted by Gasteiger charge is -2.66. The minimum Gasteiger partial charge on any atom is -0.297 e. The van der Waals surface area contributed by atoms with E-state index in [0.717, 1.165) is 30.4 Å². The minimum absolute atomic E-state index is 0.114. The fourth-order valence-electron chi connectivity index (χ4n) is 5.53. The van der Waals surface area contributed by atoms with Crippen LogP contribution in [0.1, 0.15) is 51.2 Å². The fourth-order valence-corrected chi connectivity index (χ4v) is 9.47. The molecule has 5 heteroatoms. The minimum atomic E-state index is -3.12. The van der Waals surface area contributed by atoms with E-state index in [4.69, 9.17) is 23.2 Å². The average Bonchev–Trinajstić information content (AvgIpc) is 2.67. The number of hydrogen-bond donors (Lipinski definition) is 0. The molecule has 2 saturated heterocycles. The van der Waals surface area contributed by atoms with Gasteiger partial charge in [0, 0.05) is 23.2 Å². The van der Waals surface area contributed by atoms with Crippen molar-refractivity contribution in [1.82, 2.24) is 4.67 Å². The van der Waals surface area contributed by atoms with Crippen molar-refractivity contribution in [3.8, 4) is 0 Å². The summed E-state index contributed by atoms with van der Waals surface area (Å²) in [4.78, 5) is 0. The molecule has 0 spiro atoms. The first-order chi connectivity index (χ1) is 14.1. The van der Waals surface area contributed by atoms with Gasteiger partial charge in [0.25, 0.3) is 0 Å². The van der Waals surface area contributed by atoms with Crippen molar-refractivity contribution < 1.29 is 4.57 Å². The van der Waals surface area contributed by atoms with Crippen LogP contribution < -0.4 is 0 Å². The van der Waals surface area contributed by atoms with E-state index < -0.39 is 7.29 Å². The number of benzene rings is 2. The molecule has 2 aromatic rings. The average molecular weight is 460 g/mol. The predicted molar refractivity (Wildman–Crippen MR) is 130 cm³/mol. The van der Waals surface area contributed by atoms with Crippen LogP contribution in [0.5, 0.6) is 0 Å². The van der Waals surface area contributed by atoms with Gasteiger partial charge >= 0.3 is 0 Å². The Bertz CT molecular complexity index is 972. The number of nitrogens with zero attached hydrogens (tertiary/aromatic N) is 1. The third-order valence-corrected chi connectivity index (χ3v) is 9.95. The van der Waals surface area contributed by atoms with Gasteiger partial charge in [-0.15, -0.1) is 0 Å². The van der Waals surface area contributed by atoms with E-state index in [0.29, 0.717) is 10.1 Å². The van der Waals surface area contributed by atoms with E-state index in [-0.39, 0.29) is 17.0 Å². The Kier molecular flexibility index (Phi) is 5.83. The van der Waals surface area contributed by atoms with E-state index in [9.17, 15) is 4.57 Å². The normalized spacial score (nSPS) is 26.9. The van der Waals surface area contributed by atoms with Crippen molar-refractivity contribution in [1.29, 1.82) is 0 Å². The van der Waals surface area contributed by atoms with Crippen LogP contribution >= 0.6 is 30.5 Å². The molecule has 3 fully saturated rings. The molecule has 2 aromatic carbocycles. The molecule has 1 aliphatic carbocycles. The van der Waals surface area contributed by atoms with Crippen molar-refractivity contribution in [3.63, 3.8) is 0 Å².